The fourth-order valence-corrected chi connectivity index (χ4v) is 3.09. The van der Waals surface area contributed by atoms with Gasteiger partial charge in [-0.3, -0.25) is 9.59 Å². The molecular formula is C27H34N4O2. The normalized spacial score (nSPS) is 11.0. The van der Waals surface area contributed by atoms with E-state index in [2.05, 4.69) is 41.8 Å². The number of rotatable bonds is 9. The number of benzene rings is 3. The minimum atomic E-state index is -0.641. The zero-order chi connectivity index (χ0) is 23.9. The van der Waals surface area contributed by atoms with Crippen molar-refractivity contribution in [2.45, 2.75) is 32.2 Å². The van der Waals surface area contributed by atoms with Crippen LogP contribution >= 0.6 is 0 Å². The predicted molar refractivity (Wildman–Crippen MR) is 136 cm³/mol. The molecule has 3 aromatic carbocycles. The molecule has 0 aliphatic heterocycles. The van der Waals surface area contributed by atoms with Crippen LogP contribution in [0.3, 0.4) is 0 Å². The zero-order valence-corrected chi connectivity index (χ0v) is 19.2. The summed E-state index contributed by atoms with van der Waals surface area (Å²) in [5, 5.41) is 5.32. The fourth-order valence-electron chi connectivity index (χ4n) is 3.09. The Bertz CT molecular complexity index is 978. The highest BCUT2D eigenvalue weighted by atomic mass is 16.2. The molecule has 6 N–H and O–H groups in total. The first-order valence-corrected chi connectivity index (χ1v) is 11.3. The quantitative estimate of drug-likeness (QED) is 0.401. The molecule has 0 bridgehead atoms. The van der Waals surface area contributed by atoms with Crippen molar-refractivity contribution in [3.8, 4) is 11.1 Å². The van der Waals surface area contributed by atoms with Gasteiger partial charge in [-0.2, -0.15) is 0 Å². The molecule has 33 heavy (non-hydrogen) atoms. The van der Waals surface area contributed by atoms with Crippen molar-refractivity contribution in [3.63, 3.8) is 0 Å². The van der Waals surface area contributed by atoms with Crippen LogP contribution in [0.4, 0.5) is 5.69 Å². The van der Waals surface area contributed by atoms with Crippen molar-refractivity contribution in [1.29, 1.82) is 0 Å². The van der Waals surface area contributed by atoms with Crippen LogP contribution in [0.1, 0.15) is 25.3 Å². The van der Waals surface area contributed by atoms with E-state index in [0.717, 1.165) is 17.5 Å². The maximum atomic E-state index is 12.0. The lowest BCUT2D eigenvalue weighted by Crippen LogP contribution is -2.43. The number of carbonyl (C=O) groups is 2. The number of hydrogen-bond acceptors (Lipinski definition) is 4. The van der Waals surface area contributed by atoms with Gasteiger partial charge in [0.15, 0.2) is 0 Å². The average Bonchev–Trinajstić information content (AvgIpc) is 2.87. The summed E-state index contributed by atoms with van der Waals surface area (Å²) >= 11 is 0. The molecule has 1 atom stereocenters. The Kier molecular flexibility index (Phi) is 11.4. The molecule has 0 unspecified atom stereocenters. The molecule has 174 valence electrons. The third-order valence-corrected chi connectivity index (χ3v) is 4.98. The number of amides is 2. The van der Waals surface area contributed by atoms with E-state index in [1.54, 1.807) is 6.07 Å². The molecule has 2 amide bonds. The standard InChI is InChI=1S/C19H24N4O2.C8H10/c20-11-5-10-17(21)19(25)22-13-18(24)23-16-9-4-8-15(12-16)14-6-2-1-3-7-14;1-2-8-6-4-3-5-7-8/h1-4,6-9,12,17H,5,10-11,13,20-21H2,(H,22,25)(H,23,24);3-7H,2H2,1H3/t17-;/m0./s1. The van der Waals surface area contributed by atoms with E-state index in [4.69, 9.17) is 11.5 Å². The van der Waals surface area contributed by atoms with Crippen LogP contribution in [0.2, 0.25) is 0 Å². The van der Waals surface area contributed by atoms with Gasteiger partial charge in [-0.1, -0.05) is 79.7 Å². The molecule has 0 aromatic heterocycles. The Morgan fingerprint density at radius 3 is 2.12 bits per heavy atom. The highest BCUT2D eigenvalue weighted by molar-refractivity contribution is 5.95. The van der Waals surface area contributed by atoms with E-state index < -0.39 is 6.04 Å². The van der Waals surface area contributed by atoms with Crippen LogP contribution in [0, 0.1) is 0 Å². The molecule has 0 aliphatic carbocycles. The highest BCUT2D eigenvalue weighted by Gasteiger charge is 2.13. The fraction of sp³-hybridized carbons (Fsp3) is 0.259. The number of nitrogens with one attached hydrogen (secondary N) is 2. The van der Waals surface area contributed by atoms with E-state index >= 15 is 0 Å². The summed E-state index contributed by atoms with van der Waals surface area (Å²) in [6.45, 7) is 2.53. The Morgan fingerprint density at radius 2 is 1.52 bits per heavy atom. The topological polar surface area (TPSA) is 110 Å². The molecule has 0 spiro atoms. The average molecular weight is 447 g/mol. The monoisotopic (exact) mass is 446 g/mol. The van der Waals surface area contributed by atoms with Crippen LogP contribution < -0.4 is 22.1 Å². The first-order valence-electron chi connectivity index (χ1n) is 11.3. The second-order valence-corrected chi connectivity index (χ2v) is 7.59. The third-order valence-electron chi connectivity index (χ3n) is 4.98. The summed E-state index contributed by atoms with van der Waals surface area (Å²) in [5.41, 5.74) is 15.3. The first-order chi connectivity index (χ1) is 16.0. The number of nitrogens with two attached hydrogens (primary N) is 2. The molecular weight excluding hydrogens is 412 g/mol. The van der Waals surface area contributed by atoms with Crippen LogP contribution in [-0.2, 0) is 16.0 Å². The lowest BCUT2D eigenvalue weighted by Gasteiger charge is -2.12. The van der Waals surface area contributed by atoms with Gasteiger partial charge >= 0.3 is 0 Å². The van der Waals surface area contributed by atoms with Gasteiger partial charge < -0.3 is 22.1 Å². The predicted octanol–water partition coefficient (Wildman–Crippen LogP) is 3.72. The molecule has 0 saturated heterocycles. The summed E-state index contributed by atoms with van der Waals surface area (Å²) in [7, 11) is 0. The smallest absolute Gasteiger partial charge is 0.243 e. The number of anilines is 1. The van der Waals surface area contributed by atoms with Gasteiger partial charge in [0, 0.05) is 5.69 Å². The highest BCUT2D eigenvalue weighted by Crippen LogP contribution is 2.22. The summed E-state index contributed by atoms with van der Waals surface area (Å²) < 4.78 is 0. The Balaban J connectivity index is 0.000000405. The van der Waals surface area contributed by atoms with E-state index in [-0.39, 0.29) is 18.4 Å². The van der Waals surface area contributed by atoms with Crippen LogP contribution in [-0.4, -0.2) is 30.9 Å². The largest absolute Gasteiger partial charge is 0.346 e. The van der Waals surface area contributed by atoms with Gasteiger partial charge in [-0.25, -0.2) is 0 Å². The number of aryl methyl sites for hydroxylation is 1. The summed E-state index contributed by atoms with van der Waals surface area (Å²) in [4.78, 5) is 23.8. The summed E-state index contributed by atoms with van der Waals surface area (Å²) in [6.07, 6.45) is 2.32. The van der Waals surface area contributed by atoms with Crippen LogP contribution in [0.25, 0.3) is 11.1 Å². The van der Waals surface area contributed by atoms with Gasteiger partial charge in [-0.05, 0) is 54.6 Å². The van der Waals surface area contributed by atoms with Crippen molar-refractivity contribution < 1.29 is 9.59 Å². The summed E-state index contributed by atoms with van der Waals surface area (Å²) in [5.74, 6) is -0.647. The maximum Gasteiger partial charge on any atom is 0.243 e. The molecule has 0 fully saturated rings. The molecule has 6 nitrogen and oxygen atoms in total. The molecule has 6 heteroatoms. The lowest BCUT2D eigenvalue weighted by molar-refractivity contribution is -0.125. The molecule has 3 rings (SSSR count). The van der Waals surface area contributed by atoms with Gasteiger partial charge in [0.2, 0.25) is 11.8 Å². The molecule has 0 saturated carbocycles. The van der Waals surface area contributed by atoms with E-state index in [1.807, 2.05) is 54.6 Å². The van der Waals surface area contributed by atoms with Crippen molar-refractivity contribution in [3.05, 3.63) is 90.5 Å². The molecule has 3 aromatic rings. The minimum Gasteiger partial charge on any atom is -0.346 e. The zero-order valence-electron chi connectivity index (χ0n) is 19.2. The molecule has 0 aliphatic rings. The van der Waals surface area contributed by atoms with Crippen molar-refractivity contribution in [2.75, 3.05) is 18.4 Å². The van der Waals surface area contributed by atoms with Crippen molar-refractivity contribution >= 4 is 17.5 Å². The van der Waals surface area contributed by atoms with E-state index in [0.29, 0.717) is 25.1 Å². The van der Waals surface area contributed by atoms with Crippen molar-refractivity contribution in [1.82, 2.24) is 5.32 Å². The van der Waals surface area contributed by atoms with Gasteiger partial charge in [0.05, 0.1) is 12.6 Å². The lowest BCUT2D eigenvalue weighted by atomic mass is 10.1. The van der Waals surface area contributed by atoms with Crippen LogP contribution in [0.5, 0.6) is 0 Å². The minimum absolute atomic E-state index is 0.120. The van der Waals surface area contributed by atoms with E-state index in [9.17, 15) is 9.59 Å². The van der Waals surface area contributed by atoms with E-state index in [1.165, 1.54) is 5.56 Å². The van der Waals surface area contributed by atoms with Crippen molar-refractivity contribution in [2.24, 2.45) is 11.5 Å². The second kappa shape index (κ2) is 14.6. The van der Waals surface area contributed by atoms with Crippen LogP contribution in [0.15, 0.2) is 84.9 Å². The molecule has 0 heterocycles. The Hall–Kier alpha value is -3.48. The Labute approximate surface area is 196 Å². The third kappa shape index (κ3) is 9.68. The first kappa shape index (κ1) is 25.8. The number of carbonyl (C=O) groups excluding carboxylic acids is 2. The molecule has 0 radical (unpaired) electrons. The second-order valence-electron chi connectivity index (χ2n) is 7.59. The van der Waals surface area contributed by atoms with Gasteiger partial charge in [0.1, 0.15) is 0 Å². The summed E-state index contributed by atoms with van der Waals surface area (Å²) in [6, 6.07) is 27.2. The van der Waals surface area contributed by atoms with Gasteiger partial charge in [-0.15, -0.1) is 0 Å². The SMILES string of the molecule is CCc1ccccc1.NCCC[C@H](N)C(=O)NCC(=O)Nc1cccc(-c2ccccc2)c1. The number of hydrogen-bond donors (Lipinski definition) is 4. The van der Waals surface area contributed by atoms with Gasteiger partial charge in [0.25, 0.3) is 0 Å². The maximum absolute atomic E-state index is 12.0. The Morgan fingerprint density at radius 1 is 0.879 bits per heavy atom.